The topological polar surface area (TPSA) is 115 Å². The van der Waals surface area contributed by atoms with Crippen molar-refractivity contribution in [3.05, 3.63) is 34.4 Å². The first-order chi connectivity index (χ1) is 12.5. The number of carbonyl (C=O) groups is 2. The smallest absolute Gasteiger partial charge is 0.335 e. The van der Waals surface area contributed by atoms with Gasteiger partial charge in [-0.05, 0) is 55.7 Å². The summed E-state index contributed by atoms with van der Waals surface area (Å²) in [5, 5.41) is 36.5. The minimum atomic E-state index is -1.10. The third kappa shape index (κ3) is 7.54. The fraction of sp³-hybridized carbons (Fsp3) is 0.600. The highest BCUT2D eigenvalue weighted by Crippen LogP contribution is 2.22. The summed E-state index contributed by atoms with van der Waals surface area (Å²) in [6, 6.07) is 3.03. The summed E-state index contributed by atoms with van der Waals surface area (Å²) in [4.78, 5) is 23.1. The largest absolute Gasteiger partial charge is 0.478 e. The summed E-state index contributed by atoms with van der Waals surface area (Å²) in [5.74, 6) is -2.21. The van der Waals surface area contributed by atoms with Crippen LogP contribution in [0.5, 0.6) is 0 Å². The van der Waals surface area contributed by atoms with Crippen molar-refractivity contribution in [3.8, 4) is 0 Å². The second-order valence-electron chi connectivity index (χ2n) is 6.55. The fourth-order valence-electron chi connectivity index (χ4n) is 3.07. The molecule has 1 aromatic carbocycles. The van der Waals surface area contributed by atoms with Crippen LogP contribution in [0.15, 0.2) is 12.1 Å². The first-order valence-corrected chi connectivity index (χ1v) is 9.35. The van der Waals surface area contributed by atoms with Crippen LogP contribution < -0.4 is 0 Å². The van der Waals surface area contributed by atoms with Crippen molar-refractivity contribution in [2.75, 3.05) is 13.2 Å². The molecule has 0 aliphatic rings. The van der Waals surface area contributed by atoms with E-state index in [2.05, 4.69) is 0 Å². The van der Waals surface area contributed by atoms with Gasteiger partial charge in [-0.2, -0.15) is 0 Å². The first kappa shape index (κ1) is 22.1. The standard InChI is InChI=1S/C20H30O6/c21-11-7-3-1-5-9-15-13-16(10-6-2-4-8-12-22)18(20(25)26)14-17(15)19(23)24/h13-14,21-22H,1-12H2,(H,23,24)(H,25,26). The Morgan fingerprint density at radius 1 is 0.615 bits per heavy atom. The number of hydrogen-bond donors (Lipinski definition) is 4. The lowest BCUT2D eigenvalue weighted by molar-refractivity contribution is 0.0695. The number of benzene rings is 1. The predicted octanol–water partition coefficient (Wildman–Crippen LogP) is 3.27. The van der Waals surface area contributed by atoms with Crippen molar-refractivity contribution < 1.29 is 30.0 Å². The molecule has 146 valence electrons. The van der Waals surface area contributed by atoms with Gasteiger partial charge in [0.05, 0.1) is 11.1 Å². The maximum absolute atomic E-state index is 11.5. The van der Waals surface area contributed by atoms with Gasteiger partial charge in [0.1, 0.15) is 0 Å². The average Bonchev–Trinajstić information content (AvgIpc) is 2.60. The normalized spacial score (nSPS) is 10.8. The summed E-state index contributed by atoms with van der Waals surface area (Å²) in [6.07, 6.45) is 7.85. The van der Waals surface area contributed by atoms with Gasteiger partial charge >= 0.3 is 11.9 Å². The van der Waals surface area contributed by atoms with Crippen LogP contribution in [-0.4, -0.2) is 45.6 Å². The molecule has 4 N–H and O–H groups in total. The van der Waals surface area contributed by atoms with E-state index in [-0.39, 0.29) is 24.3 Å². The van der Waals surface area contributed by atoms with Gasteiger partial charge in [0.2, 0.25) is 0 Å². The van der Waals surface area contributed by atoms with E-state index in [4.69, 9.17) is 10.2 Å². The number of carboxylic acids is 2. The second-order valence-corrected chi connectivity index (χ2v) is 6.55. The van der Waals surface area contributed by atoms with Crippen LogP contribution in [0.4, 0.5) is 0 Å². The van der Waals surface area contributed by atoms with Crippen LogP contribution >= 0.6 is 0 Å². The number of hydrogen-bond acceptors (Lipinski definition) is 4. The van der Waals surface area contributed by atoms with Crippen LogP contribution in [0.3, 0.4) is 0 Å². The van der Waals surface area contributed by atoms with E-state index < -0.39 is 11.9 Å². The van der Waals surface area contributed by atoms with E-state index in [9.17, 15) is 19.8 Å². The predicted molar refractivity (Wildman–Crippen MR) is 98.9 cm³/mol. The van der Waals surface area contributed by atoms with E-state index >= 15 is 0 Å². The molecular formula is C20H30O6. The van der Waals surface area contributed by atoms with E-state index in [0.717, 1.165) is 51.4 Å². The Morgan fingerprint density at radius 2 is 1.00 bits per heavy atom. The summed E-state index contributed by atoms with van der Waals surface area (Å²) in [7, 11) is 0. The first-order valence-electron chi connectivity index (χ1n) is 9.35. The van der Waals surface area contributed by atoms with Crippen molar-refractivity contribution in [1.82, 2.24) is 0 Å². The number of aryl methyl sites for hydroxylation is 2. The minimum absolute atomic E-state index is 0.0635. The van der Waals surface area contributed by atoms with E-state index in [1.165, 1.54) is 6.07 Å². The van der Waals surface area contributed by atoms with Crippen LogP contribution in [0.1, 0.15) is 83.2 Å². The van der Waals surface area contributed by atoms with Crippen molar-refractivity contribution in [1.29, 1.82) is 0 Å². The van der Waals surface area contributed by atoms with Crippen LogP contribution in [-0.2, 0) is 12.8 Å². The van der Waals surface area contributed by atoms with Gasteiger partial charge in [0.15, 0.2) is 0 Å². The third-order valence-corrected chi connectivity index (χ3v) is 4.50. The molecule has 0 aromatic heterocycles. The van der Waals surface area contributed by atoms with Gasteiger partial charge in [0, 0.05) is 13.2 Å². The Hall–Kier alpha value is -1.92. The highest BCUT2D eigenvalue weighted by atomic mass is 16.4. The van der Waals surface area contributed by atoms with E-state index in [0.29, 0.717) is 24.0 Å². The summed E-state index contributed by atoms with van der Waals surface area (Å²) < 4.78 is 0. The zero-order valence-electron chi connectivity index (χ0n) is 15.2. The molecule has 0 bridgehead atoms. The van der Waals surface area contributed by atoms with Crippen molar-refractivity contribution in [2.45, 2.75) is 64.2 Å². The molecular weight excluding hydrogens is 336 g/mol. The molecule has 0 spiro atoms. The second kappa shape index (κ2) is 12.4. The Morgan fingerprint density at radius 3 is 1.35 bits per heavy atom. The third-order valence-electron chi connectivity index (χ3n) is 4.50. The maximum Gasteiger partial charge on any atom is 0.335 e. The number of unbranched alkanes of at least 4 members (excludes halogenated alkanes) is 6. The Balaban J connectivity index is 2.89. The van der Waals surface area contributed by atoms with Crippen LogP contribution in [0, 0.1) is 0 Å². The molecule has 0 amide bonds. The lowest BCUT2D eigenvalue weighted by Crippen LogP contribution is -2.10. The molecule has 0 saturated carbocycles. The molecule has 0 radical (unpaired) electrons. The van der Waals surface area contributed by atoms with Gasteiger partial charge < -0.3 is 20.4 Å². The van der Waals surface area contributed by atoms with Crippen molar-refractivity contribution >= 4 is 11.9 Å². The molecule has 0 aliphatic heterocycles. The molecule has 0 atom stereocenters. The number of aliphatic hydroxyl groups excluding tert-OH is 2. The van der Waals surface area contributed by atoms with Gasteiger partial charge in [-0.3, -0.25) is 0 Å². The Kier molecular flexibility index (Phi) is 10.6. The quantitative estimate of drug-likeness (QED) is 0.376. The Bertz CT molecular complexity index is 535. The van der Waals surface area contributed by atoms with Gasteiger partial charge in [-0.1, -0.05) is 31.7 Å². The highest BCUT2D eigenvalue weighted by Gasteiger charge is 2.18. The molecule has 1 rings (SSSR count). The minimum Gasteiger partial charge on any atom is -0.478 e. The lowest BCUT2D eigenvalue weighted by atomic mass is 9.92. The summed E-state index contributed by atoms with van der Waals surface area (Å²) in [5.41, 5.74) is 1.48. The zero-order valence-corrected chi connectivity index (χ0v) is 15.2. The molecule has 0 saturated heterocycles. The number of rotatable bonds is 14. The fourth-order valence-corrected chi connectivity index (χ4v) is 3.07. The molecule has 0 heterocycles. The lowest BCUT2D eigenvalue weighted by Gasteiger charge is -2.13. The molecule has 0 aliphatic carbocycles. The number of aliphatic hydroxyl groups is 2. The average molecular weight is 366 g/mol. The van der Waals surface area contributed by atoms with Gasteiger partial charge in [-0.15, -0.1) is 0 Å². The van der Waals surface area contributed by atoms with E-state index in [1.54, 1.807) is 6.07 Å². The van der Waals surface area contributed by atoms with Gasteiger partial charge in [0.25, 0.3) is 0 Å². The highest BCUT2D eigenvalue weighted by molar-refractivity contribution is 5.96. The van der Waals surface area contributed by atoms with Crippen molar-refractivity contribution in [2.24, 2.45) is 0 Å². The molecule has 1 aromatic rings. The van der Waals surface area contributed by atoms with E-state index in [1.807, 2.05) is 0 Å². The molecule has 6 heteroatoms. The SMILES string of the molecule is O=C(O)c1cc(C(=O)O)c(CCCCCCO)cc1CCCCCCO. The summed E-state index contributed by atoms with van der Waals surface area (Å²) in [6.45, 7) is 0.322. The molecule has 0 fully saturated rings. The molecule has 0 unspecified atom stereocenters. The summed E-state index contributed by atoms with van der Waals surface area (Å²) >= 11 is 0. The number of aromatic carboxylic acids is 2. The molecule has 6 nitrogen and oxygen atoms in total. The number of carboxylic acid groups (broad SMARTS) is 2. The van der Waals surface area contributed by atoms with Crippen LogP contribution in [0.2, 0.25) is 0 Å². The zero-order chi connectivity index (χ0) is 19.4. The maximum atomic E-state index is 11.5. The monoisotopic (exact) mass is 366 g/mol. The van der Waals surface area contributed by atoms with Gasteiger partial charge in [-0.25, -0.2) is 9.59 Å². The Labute approximate surface area is 154 Å². The molecule has 26 heavy (non-hydrogen) atoms. The van der Waals surface area contributed by atoms with Crippen LogP contribution in [0.25, 0.3) is 0 Å². The van der Waals surface area contributed by atoms with Crippen molar-refractivity contribution in [3.63, 3.8) is 0 Å².